The molecule has 8 heteroatoms. The second-order valence-corrected chi connectivity index (χ2v) is 5.16. The molecular weight excluding hydrogens is 307 g/mol. The predicted octanol–water partition coefficient (Wildman–Crippen LogP) is -2.13. The van der Waals surface area contributed by atoms with E-state index in [0.29, 0.717) is 5.32 Å². The number of H-pyrrole nitrogens is 1. The maximum absolute atomic E-state index is 11.6. The van der Waals surface area contributed by atoms with Gasteiger partial charge < -0.3 is 0 Å². The Kier molecular flexibility index (Phi) is 3.48. The third-order valence-corrected chi connectivity index (χ3v) is 3.79. The molecule has 18 heavy (non-hydrogen) atoms. The molecule has 0 aromatic carbocycles. The third kappa shape index (κ3) is 2.06. The number of aliphatic hydroxyl groups is 2. The van der Waals surface area contributed by atoms with E-state index in [2.05, 4.69) is 21.0 Å². The summed E-state index contributed by atoms with van der Waals surface area (Å²) in [6.07, 6.45) is -1.49. The second-order valence-electron chi connectivity index (χ2n) is 4.40. The van der Waals surface area contributed by atoms with E-state index in [1.165, 1.54) is 13.1 Å². The standard InChI is InChI=1S/C10H14N2O5Se/c1-10(16)7(14)5(4-18)17-8(10)12-3-2-6(13)11-9(12)15/h2-3,5,7-8,14,16,18H,4H2,1H3,(H,11,13,15)/t5-,7-,8-,10-/m1/s1. The van der Waals surface area contributed by atoms with Gasteiger partial charge in [0.2, 0.25) is 0 Å². The summed E-state index contributed by atoms with van der Waals surface area (Å²) in [6.45, 7) is 1.39. The molecule has 2 heterocycles. The molecule has 3 N–H and O–H groups in total. The van der Waals surface area contributed by atoms with Crippen LogP contribution < -0.4 is 11.2 Å². The Balaban J connectivity index is 2.45. The molecular formula is C10H14N2O5Se. The number of rotatable bonds is 2. The molecule has 0 saturated carbocycles. The van der Waals surface area contributed by atoms with Crippen molar-refractivity contribution in [1.82, 2.24) is 9.55 Å². The van der Waals surface area contributed by atoms with Crippen LogP contribution in [0.3, 0.4) is 0 Å². The summed E-state index contributed by atoms with van der Waals surface area (Å²) >= 11 is 2.26. The maximum atomic E-state index is 11.6. The van der Waals surface area contributed by atoms with Crippen molar-refractivity contribution in [3.63, 3.8) is 0 Å². The Morgan fingerprint density at radius 3 is 2.78 bits per heavy atom. The van der Waals surface area contributed by atoms with Gasteiger partial charge in [-0.2, -0.15) is 0 Å². The van der Waals surface area contributed by atoms with Crippen LogP contribution >= 0.6 is 0 Å². The Bertz CT molecular complexity index is 552. The summed E-state index contributed by atoms with van der Waals surface area (Å²) in [5.74, 6) is 0. The number of aliphatic hydroxyl groups excluding tert-OH is 1. The van der Waals surface area contributed by atoms with E-state index in [1.54, 1.807) is 0 Å². The Morgan fingerprint density at radius 2 is 2.28 bits per heavy atom. The minimum atomic E-state index is -1.60. The van der Waals surface area contributed by atoms with Gasteiger partial charge in [0.25, 0.3) is 0 Å². The molecule has 0 aliphatic carbocycles. The molecule has 0 spiro atoms. The first-order valence-electron chi connectivity index (χ1n) is 5.36. The first kappa shape index (κ1) is 13.5. The zero-order chi connectivity index (χ0) is 13.5. The number of ether oxygens (including phenoxy) is 1. The van der Waals surface area contributed by atoms with Crippen molar-refractivity contribution >= 4 is 16.0 Å². The molecule has 0 radical (unpaired) electrons. The molecule has 1 aliphatic rings. The Morgan fingerprint density at radius 1 is 1.61 bits per heavy atom. The molecule has 4 atom stereocenters. The van der Waals surface area contributed by atoms with Crippen LogP contribution in [0, 0.1) is 0 Å². The van der Waals surface area contributed by atoms with Gasteiger partial charge in [-0.15, -0.1) is 0 Å². The van der Waals surface area contributed by atoms with Crippen molar-refractivity contribution in [3.8, 4) is 0 Å². The summed E-state index contributed by atoms with van der Waals surface area (Å²) in [6, 6.07) is 1.16. The number of aromatic nitrogens is 2. The summed E-state index contributed by atoms with van der Waals surface area (Å²) in [4.78, 5) is 24.7. The number of nitrogens with one attached hydrogen (secondary N) is 1. The van der Waals surface area contributed by atoms with Gasteiger partial charge >= 0.3 is 110 Å². The predicted molar refractivity (Wildman–Crippen MR) is 63.8 cm³/mol. The van der Waals surface area contributed by atoms with Gasteiger partial charge in [-0.3, -0.25) is 0 Å². The normalized spacial score (nSPS) is 35.9. The minimum absolute atomic E-state index is 0.443. The van der Waals surface area contributed by atoms with E-state index in [1.807, 2.05) is 0 Å². The van der Waals surface area contributed by atoms with E-state index in [4.69, 9.17) is 4.74 Å². The molecule has 1 aliphatic heterocycles. The van der Waals surface area contributed by atoms with Gasteiger partial charge in [0.1, 0.15) is 0 Å². The average molecular weight is 321 g/mol. The van der Waals surface area contributed by atoms with Gasteiger partial charge in [0, 0.05) is 0 Å². The van der Waals surface area contributed by atoms with E-state index >= 15 is 0 Å². The fourth-order valence-corrected chi connectivity index (χ4v) is 2.60. The number of hydrogen-bond acceptors (Lipinski definition) is 5. The van der Waals surface area contributed by atoms with Crippen LogP contribution in [0.2, 0.25) is 5.32 Å². The van der Waals surface area contributed by atoms with Crippen LogP contribution in [-0.2, 0) is 4.74 Å². The van der Waals surface area contributed by atoms with Crippen LogP contribution in [-0.4, -0.2) is 53.6 Å². The molecule has 1 saturated heterocycles. The average Bonchev–Trinajstić information content (AvgIpc) is 2.52. The summed E-state index contributed by atoms with van der Waals surface area (Å²) in [5, 5.41) is 20.6. The molecule has 0 bridgehead atoms. The molecule has 1 aromatic heterocycles. The first-order valence-corrected chi connectivity index (χ1v) is 6.69. The fourth-order valence-electron chi connectivity index (χ4n) is 2.00. The Hall–Kier alpha value is -0.921. The molecule has 2 rings (SSSR count). The van der Waals surface area contributed by atoms with Gasteiger partial charge in [-0.05, 0) is 0 Å². The van der Waals surface area contributed by atoms with Crippen molar-refractivity contribution < 1.29 is 14.9 Å². The van der Waals surface area contributed by atoms with Crippen LogP contribution in [0.15, 0.2) is 21.9 Å². The van der Waals surface area contributed by atoms with Gasteiger partial charge in [0.05, 0.1) is 0 Å². The van der Waals surface area contributed by atoms with Gasteiger partial charge in [-0.25, -0.2) is 0 Å². The van der Waals surface area contributed by atoms with E-state index in [-0.39, 0.29) is 0 Å². The number of nitrogens with zero attached hydrogens (tertiary/aromatic N) is 1. The summed E-state index contributed by atoms with van der Waals surface area (Å²) in [7, 11) is 0. The second kappa shape index (κ2) is 4.64. The first-order chi connectivity index (χ1) is 8.37. The molecule has 1 aromatic rings. The summed E-state index contributed by atoms with van der Waals surface area (Å²) < 4.78 is 6.53. The quantitative estimate of drug-likeness (QED) is 0.540. The molecule has 1 fully saturated rings. The number of aromatic amines is 1. The van der Waals surface area contributed by atoms with Crippen LogP contribution in [0.5, 0.6) is 0 Å². The van der Waals surface area contributed by atoms with Gasteiger partial charge in [0.15, 0.2) is 0 Å². The van der Waals surface area contributed by atoms with Crippen molar-refractivity contribution in [2.75, 3.05) is 0 Å². The van der Waals surface area contributed by atoms with E-state index < -0.39 is 35.3 Å². The molecule has 7 nitrogen and oxygen atoms in total. The molecule has 0 unspecified atom stereocenters. The van der Waals surface area contributed by atoms with Crippen LogP contribution in [0.1, 0.15) is 13.2 Å². The molecule has 0 amide bonds. The summed E-state index contributed by atoms with van der Waals surface area (Å²) in [5.41, 5.74) is -2.82. The molecule has 100 valence electrons. The van der Waals surface area contributed by atoms with Crippen molar-refractivity contribution in [2.45, 2.75) is 36.3 Å². The number of hydrogen-bond donors (Lipinski definition) is 3. The van der Waals surface area contributed by atoms with Crippen LogP contribution in [0.25, 0.3) is 0 Å². The Labute approximate surface area is 110 Å². The zero-order valence-corrected chi connectivity index (χ0v) is 11.5. The topological polar surface area (TPSA) is 105 Å². The van der Waals surface area contributed by atoms with Crippen molar-refractivity contribution in [1.29, 1.82) is 0 Å². The monoisotopic (exact) mass is 322 g/mol. The van der Waals surface area contributed by atoms with Gasteiger partial charge in [-0.1, -0.05) is 0 Å². The van der Waals surface area contributed by atoms with Crippen LogP contribution in [0.4, 0.5) is 0 Å². The third-order valence-electron chi connectivity index (χ3n) is 3.04. The van der Waals surface area contributed by atoms with E-state index in [0.717, 1.165) is 10.6 Å². The van der Waals surface area contributed by atoms with E-state index in [9.17, 15) is 19.8 Å². The zero-order valence-electron chi connectivity index (χ0n) is 9.61. The fraction of sp³-hybridized carbons (Fsp3) is 0.600. The van der Waals surface area contributed by atoms with Crippen molar-refractivity contribution in [3.05, 3.63) is 33.1 Å². The van der Waals surface area contributed by atoms with Crippen molar-refractivity contribution in [2.24, 2.45) is 0 Å². The SMILES string of the molecule is C[C@@]1(O)[C@H](O)[C@@H](C[SeH])O[C@H]1n1ccc(=O)[nH]c1=O.